The average Bonchev–Trinajstić information content (AvgIpc) is 2.47. The third-order valence-electron chi connectivity index (χ3n) is 4.25. The summed E-state index contributed by atoms with van der Waals surface area (Å²) in [5.74, 6) is 0.860. The maximum atomic E-state index is 12.5. The summed E-state index contributed by atoms with van der Waals surface area (Å²) in [5.41, 5.74) is 1.06. The third kappa shape index (κ3) is 3.22. The number of benzene rings is 1. The smallest absolute Gasteiger partial charge is 0.280 e. The molecule has 1 saturated heterocycles. The Bertz CT molecular complexity index is 603. The first-order chi connectivity index (χ1) is 10.1. The highest BCUT2D eigenvalue weighted by molar-refractivity contribution is 7.87. The van der Waals surface area contributed by atoms with Crippen molar-refractivity contribution in [3.8, 4) is 5.75 Å². The largest absolute Gasteiger partial charge is 0.492 e. The summed E-state index contributed by atoms with van der Waals surface area (Å²) in [6, 6.07) is 7.67. The van der Waals surface area contributed by atoms with Crippen molar-refractivity contribution in [2.24, 2.45) is 0 Å². The van der Waals surface area contributed by atoms with E-state index in [0.29, 0.717) is 19.6 Å². The van der Waals surface area contributed by atoms with Crippen molar-refractivity contribution in [2.75, 3.05) is 13.2 Å². The number of piperidine rings is 1. The van der Waals surface area contributed by atoms with Gasteiger partial charge >= 0.3 is 0 Å². The van der Waals surface area contributed by atoms with Crippen molar-refractivity contribution in [3.05, 3.63) is 29.8 Å². The molecule has 2 aliphatic rings. The zero-order chi connectivity index (χ0) is 14.9. The van der Waals surface area contributed by atoms with Crippen molar-refractivity contribution in [1.82, 2.24) is 9.03 Å². The molecule has 1 N–H and O–H groups in total. The van der Waals surface area contributed by atoms with Crippen LogP contribution in [-0.4, -0.2) is 38.0 Å². The topological polar surface area (TPSA) is 58.6 Å². The lowest BCUT2D eigenvalue weighted by Gasteiger charge is -2.34. The summed E-state index contributed by atoms with van der Waals surface area (Å²) in [4.78, 5) is 0. The molecule has 0 bridgehead atoms. The summed E-state index contributed by atoms with van der Waals surface area (Å²) in [6.07, 6.45) is 3.66. The van der Waals surface area contributed by atoms with E-state index >= 15 is 0 Å². The van der Waals surface area contributed by atoms with Crippen LogP contribution >= 0.6 is 0 Å². The van der Waals surface area contributed by atoms with Crippen LogP contribution < -0.4 is 9.46 Å². The molecular formula is C15H22N2O3S. The summed E-state index contributed by atoms with van der Waals surface area (Å²) < 4.78 is 35.1. The van der Waals surface area contributed by atoms with E-state index in [1.165, 1.54) is 0 Å². The maximum Gasteiger partial charge on any atom is 0.280 e. The highest BCUT2D eigenvalue weighted by Gasteiger charge is 2.32. The van der Waals surface area contributed by atoms with Crippen LogP contribution in [0.5, 0.6) is 5.75 Å². The van der Waals surface area contributed by atoms with Crippen molar-refractivity contribution in [2.45, 2.75) is 44.7 Å². The molecule has 0 aromatic heterocycles. The van der Waals surface area contributed by atoms with E-state index < -0.39 is 10.2 Å². The van der Waals surface area contributed by atoms with Gasteiger partial charge in [-0.1, -0.05) is 24.6 Å². The molecule has 0 spiro atoms. The predicted molar refractivity (Wildman–Crippen MR) is 81.5 cm³/mol. The Hall–Kier alpha value is -1.11. The quantitative estimate of drug-likeness (QED) is 0.924. The lowest BCUT2D eigenvalue weighted by Crippen LogP contribution is -2.53. The molecule has 2 atom stereocenters. The molecule has 6 heteroatoms. The van der Waals surface area contributed by atoms with Crippen LogP contribution in [0.1, 0.15) is 31.7 Å². The Morgan fingerprint density at radius 3 is 2.90 bits per heavy atom. The molecule has 1 fully saturated rings. The molecule has 0 saturated carbocycles. The fourth-order valence-electron chi connectivity index (χ4n) is 3.11. The van der Waals surface area contributed by atoms with Crippen molar-refractivity contribution in [3.63, 3.8) is 0 Å². The van der Waals surface area contributed by atoms with E-state index in [1.54, 1.807) is 4.31 Å². The fraction of sp³-hybridized carbons (Fsp3) is 0.600. The molecule has 0 aliphatic carbocycles. The molecule has 0 amide bonds. The first kappa shape index (κ1) is 14.8. The van der Waals surface area contributed by atoms with Crippen molar-refractivity contribution >= 4 is 10.2 Å². The second-order valence-corrected chi connectivity index (χ2v) is 7.55. The average molecular weight is 310 g/mol. The summed E-state index contributed by atoms with van der Waals surface area (Å²) in [6.45, 7) is 2.98. The van der Waals surface area contributed by atoms with Gasteiger partial charge in [0.2, 0.25) is 0 Å². The minimum absolute atomic E-state index is 0.0769. The van der Waals surface area contributed by atoms with Gasteiger partial charge in [-0.05, 0) is 37.8 Å². The molecule has 2 heterocycles. The molecule has 5 nitrogen and oxygen atoms in total. The number of ether oxygens (including phenoxy) is 1. The second-order valence-electron chi connectivity index (χ2n) is 5.90. The van der Waals surface area contributed by atoms with Gasteiger partial charge in [0.05, 0.1) is 6.04 Å². The minimum atomic E-state index is -3.43. The van der Waals surface area contributed by atoms with Gasteiger partial charge in [0.25, 0.3) is 10.2 Å². The van der Waals surface area contributed by atoms with E-state index in [9.17, 15) is 8.42 Å². The minimum Gasteiger partial charge on any atom is -0.492 e. The first-order valence-electron chi connectivity index (χ1n) is 7.56. The Balaban J connectivity index is 1.69. The van der Waals surface area contributed by atoms with E-state index in [-0.39, 0.29) is 12.1 Å². The molecule has 0 unspecified atom stereocenters. The van der Waals surface area contributed by atoms with Crippen molar-refractivity contribution in [1.29, 1.82) is 0 Å². The number of para-hydroxylation sites is 1. The van der Waals surface area contributed by atoms with E-state index in [4.69, 9.17) is 4.74 Å². The second kappa shape index (κ2) is 5.94. The molecule has 3 rings (SSSR count). The lowest BCUT2D eigenvalue weighted by molar-refractivity contribution is 0.238. The third-order valence-corrected chi connectivity index (χ3v) is 6.04. The summed E-state index contributed by atoms with van der Waals surface area (Å²) in [7, 11) is -3.43. The maximum absolute atomic E-state index is 12.5. The standard InChI is InChI=1S/C15H22N2O3S/c1-12-6-4-5-9-17(12)21(18,19)16-14-10-13-7-2-3-8-15(13)20-11-14/h2-3,7-8,12,14,16H,4-6,9-11H2,1H3/t12-,14-/m0/s1. The molecule has 21 heavy (non-hydrogen) atoms. The number of hydrogen-bond donors (Lipinski definition) is 1. The number of hydrogen-bond acceptors (Lipinski definition) is 3. The Labute approximate surface area is 126 Å². The zero-order valence-electron chi connectivity index (χ0n) is 12.3. The van der Waals surface area contributed by atoms with E-state index in [0.717, 1.165) is 30.6 Å². The summed E-state index contributed by atoms with van der Waals surface area (Å²) in [5, 5.41) is 0. The van der Waals surface area contributed by atoms with Crippen LogP contribution in [0.2, 0.25) is 0 Å². The Kier molecular flexibility index (Phi) is 4.19. The highest BCUT2D eigenvalue weighted by Crippen LogP contribution is 2.25. The van der Waals surface area contributed by atoms with Gasteiger partial charge in [0, 0.05) is 12.6 Å². The number of rotatable bonds is 3. The molecule has 1 aromatic carbocycles. The van der Waals surface area contributed by atoms with Crippen molar-refractivity contribution < 1.29 is 13.2 Å². The molecule has 2 aliphatic heterocycles. The van der Waals surface area contributed by atoms with Crippen LogP contribution in [0.3, 0.4) is 0 Å². The van der Waals surface area contributed by atoms with Crippen LogP contribution in [0.15, 0.2) is 24.3 Å². The lowest BCUT2D eigenvalue weighted by atomic mass is 10.0. The van der Waals surface area contributed by atoms with Crippen LogP contribution in [0, 0.1) is 0 Å². The molecular weight excluding hydrogens is 288 g/mol. The first-order valence-corrected chi connectivity index (χ1v) is 9.00. The zero-order valence-corrected chi connectivity index (χ0v) is 13.1. The van der Waals surface area contributed by atoms with Crippen LogP contribution in [0.25, 0.3) is 0 Å². The van der Waals surface area contributed by atoms with E-state index in [1.807, 2.05) is 31.2 Å². The van der Waals surface area contributed by atoms with Gasteiger partial charge in [-0.2, -0.15) is 17.4 Å². The Morgan fingerprint density at radius 1 is 1.29 bits per heavy atom. The number of nitrogens with one attached hydrogen (secondary N) is 1. The van der Waals surface area contributed by atoms with Gasteiger partial charge in [-0.3, -0.25) is 0 Å². The monoisotopic (exact) mass is 310 g/mol. The summed E-state index contributed by atoms with van der Waals surface area (Å²) >= 11 is 0. The van der Waals surface area contributed by atoms with Gasteiger partial charge in [-0.25, -0.2) is 0 Å². The molecule has 0 radical (unpaired) electrons. The van der Waals surface area contributed by atoms with Gasteiger partial charge < -0.3 is 4.74 Å². The van der Waals surface area contributed by atoms with Gasteiger partial charge in [0.1, 0.15) is 12.4 Å². The molecule has 1 aromatic rings. The fourth-order valence-corrected chi connectivity index (χ4v) is 4.77. The number of fused-ring (bicyclic) bond motifs is 1. The predicted octanol–water partition coefficient (Wildman–Crippen LogP) is 1.70. The highest BCUT2D eigenvalue weighted by atomic mass is 32.2. The van der Waals surface area contributed by atoms with Gasteiger partial charge in [-0.15, -0.1) is 0 Å². The number of nitrogens with zero attached hydrogens (tertiary/aromatic N) is 1. The SMILES string of the molecule is C[C@H]1CCCCN1S(=O)(=O)N[C@@H]1COc2ccccc2C1. The van der Waals surface area contributed by atoms with Crippen LogP contribution in [-0.2, 0) is 16.6 Å². The molecule has 116 valence electrons. The normalized spacial score (nSPS) is 26.9. The Morgan fingerprint density at radius 2 is 2.10 bits per heavy atom. The van der Waals surface area contributed by atoms with E-state index in [2.05, 4.69) is 4.72 Å². The van der Waals surface area contributed by atoms with Gasteiger partial charge in [0.15, 0.2) is 0 Å². The van der Waals surface area contributed by atoms with Crippen LogP contribution in [0.4, 0.5) is 0 Å².